The molecular weight excluding hydrogens is 438 g/mol. The maximum Gasteiger partial charge on any atom is 0.196 e. The van der Waals surface area contributed by atoms with Crippen molar-refractivity contribution in [3.8, 4) is 22.9 Å². The lowest BCUT2D eigenvalue weighted by molar-refractivity contribution is 0.102. The van der Waals surface area contributed by atoms with Crippen LogP contribution < -0.4 is 14.2 Å². The highest BCUT2D eigenvalue weighted by atomic mass is 32.2. The van der Waals surface area contributed by atoms with E-state index in [-0.39, 0.29) is 18.1 Å². The van der Waals surface area contributed by atoms with Crippen LogP contribution in [-0.4, -0.2) is 40.5 Å². The number of hydrogen-bond acceptors (Lipinski definition) is 7. The normalized spacial score (nSPS) is 10.6. The molecule has 0 saturated heterocycles. The molecule has 7 nitrogen and oxygen atoms in total. The lowest BCUT2D eigenvalue weighted by atomic mass is 10.1. The summed E-state index contributed by atoms with van der Waals surface area (Å²) in [7, 11) is 3.20. The Bertz CT molecular complexity index is 1210. The third-order valence-corrected chi connectivity index (χ3v) is 5.80. The van der Waals surface area contributed by atoms with E-state index in [1.165, 1.54) is 11.8 Å². The first kappa shape index (κ1) is 22.4. The zero-order valence-corrected chi connectivity index (χ0v) is 19.1. The molecule has 0 aliphatic carbocycles. The van der Waals surface area contributed by atoms with Crippen molar-refractivity contribution in [1.29, 1.82) is 0 Å². The molecule has 0 aliphatic heterocycles. The van der Waals surface area contributed by atoms with Gasteiger partial charge in [-0.2, -0.15) is 0 Å². The molecule has 0 aliphatic rings. The van der Waals surface area contributed by atoms with Crippen LogP contribution in [0.2, 0.25) is 0 Å². The molecule has 3 aromatic carbocycles. The molecule has 0 unspecified atom stereocenters. The van der Waals surface area contributed by atoms with Gasteiger partial charge in [0.15, 0.2) is 16.8 Å². The maximum atomic E-state index is 12.7. The van der Waals surface area contributed by atoms with E-state index in [0.29, 0.717) is 28.0 Å². The minimum atomic E-state index is -0.0162. The van der Waals surface area contributed by atoms with Gasteiger partial charge >= 0.3 is 0 Å². The number of aromatic nitrogens is 3. The number of methoxy groups -OCH3 is 2. The van der Waals surface area contributed by atoms with Gasteiger partial charge in [-0.1, -0.05) is 42.1 Å². The molecule has 0 saturated carbocycles. The molecule has 0 amide bonds. The number of carbonyl (C=O) groups is 1. The van der Waals surface area contributed by atoms with E-state index in [9.17, 15) is 4.79 Å². The molecule has 0 radical (unpaired) electrons. The van der Waals surface area contributed by atoms with Crippen LogP contribution in [0.25, 0.3) is 5.69 Å². The predicted molar refractivity (Wildman–Crippen MR) is 127 cm³/mol. The van der Waals surface area contributed by atoms with E-state index in [2.05, 4.69) is 10.2 Å². The topological polar surface area (TPSA) is 75.5 Å². The Kier molecular flexibility index (Phi) is 7.26. The fraction of sp³-hybridized carbons (Fsp3) is 0.160. The van der Waals surface area contributed by atoms with E-state index in [4.69, 9.17) is 14.2 Å². The van der Waals surface area contributed by atoms with Gasteiger partial charge in [0.05, 0.1) is 20.0 Å². The SMILES string of the molecule is COc1ccc(OCc2nnc(SCC(=O)c3cccc(OC)c3)n2-c2ccccc2)cc1. The second kappa shape index (κ2) is 10.7. The van der Waals surface area contributed by atoms with Crippen molar-refractivity contribution in [3.05, 3.63) is 90.3 Å². The Morgan fingerprint density at radius 2 is 1.58 bits per heavy atom. The van der Waals surface area contributed by atoms with Gasteiger partial charge in [0, 0.05) is 11.3 Å². The number of carbonyl (C=O) groups excluding carboxylic acids is 1. The number of para-hydroxylation sites is 1. The van der Waals surface area contributed by atoms with E-state index >= 15 is 0 Å². The molecule has 8 heteroatoms. The summed E-state index contributed by atoms with van der Waals surface area (Å²) in [4.78, 5) is 12.7. The second-order valence-corrected chi connectivity index (χ2v) is 7.92. The van der Waals surface area contributed by atoms with Crippen LogP contribution in [0.1, 0.15) is 16.2 Å². The van der Waals surface area contributed by atoms with Crippen molar-refractivity contribution >= 4 is 17.5 Å². The molecule has 0 atom stereocenters. The van der Waals surface area contributed by atoms with Crippen LogP contribution in [0, 0.1) is 0 Å². The van der Waals surface area contributed by atoms with Crippen molar-refractivity contribution in [2.75, 3.05) is 20.0 Å². The maximum absolute atomic E-state index is 12.7. The number of Topliss-reactive ketones (excluding diaryl/α,β-unsaturated/α-hetero) is 1. The lowest BCUT2D eigenvalue weighted by Crippen LogP contribution is -2.08. The van der Waals surface area contributed by atoms with Crippen LogP contribution in [0.5, 0.6) is 17.2 Å². The van der Waals surface area contributed by atoms with Crippen LogP contribution in [0.15, 0.2) is 84.0 Å². The fourth-order valence-corrected chi connectivity index (χ4v) is 4.02. The summed E-state index contributed by atoms with van der Waals surface area (Å²) in [6, 6.07) is 24.2. The van der Waals surface area contributed by atoms with E-state index in [1.807, 2.05) is 65.2 Å². The van der Waals surface area contributed by atoms with Gasteiger partial charge in [0.2, 0.25) is 0 Å². The summed E-state index contributed by atoms with van der Waals surface area (Å²) in [5, 5.41) is 9.28. The first-order valence-corrected chi connectivity index (χ1v) is 11.2. The third-order valence-electron chi connectivity index (χ3n) is 4.87. The molecule has 33 heavy (non-hydrogen) atoms. The van der Waals surface area contributed by atoms with Crippen molar-refractivity contribution in [2.45, 2.75) is 11.8 Å². The zero-order chi connectivity index (χ0) is 23.0. The summed E-state index contributed by atoms with van der Waals surface area (Å²) < 4.78 is 18.2. The van der Waals surface area contributed by atoms with Gasteiger partial charge in [-0.05, 0) is 48.5 Å². The monoisotopic (exact) mass is 461 g/mol. The molecule has 0 fully saturated rings. The van der Waals surface area contributed by atoms with Gasteiger partial charge in [0.25, 0.3) is 0 Å². The Labute approximate surface area is 196 Å². The van der Waals surface area contributed by atoms with E-state index in [1.54, 1.807) is 32.4 Å². The summed E-state index contributed by atoms with van der Waals surface area (Å²) >= 11 is 1.33. The Hall–Kier alpha value is -3.78. The molecule has 4 aromatic rings. The number of ether oxygens (including phenoxy) is 3. The molecule has 4 rings (SSSR count). The van der Waals surface area contributed by atoms with E-state index < -0.39 is 0 Å². The minimum Gasteiger partial charge on any atom is -0.497 e. The third kappa shape index (κ3) is 5.53. The van der Waals surface area contributed by atoms with Gasteiger partial charge in [-0.25, -0.2) is 0 Å². The van der Waals surface area contributed by atoms with Gasteiger partial charge < -0.3 is 14.2 Å². The smallest absolute Gasteiger partial charge is 0.196 e. The first-order chi connectivity index (χ1) is 16.2. The predicted octanol–water partition coefficient (Wildman–Crippen LogP) is 4.84. The quantitative estimate of drug-likeness (QED) is 0.247. The molecule has 0 N–H and O–H groups in total. The lowest BCUT2D eigenvalue weighted by Gasteiger charge is -2.11. The van der Waals surface area contributed by atoms with Gasteiger partial charge in [-0.15, -0.1) is 10.2 Å². The van der Waals surface area contributed by atoms with Crippen molar-refractivity contribution < 1.29 is 19.0 Å². The Balaban J connectivity index is 1.52. The molecule has 1 aromatic heterocycles. The number of ketones is 1. The molecule has 168 valence electrons. The summed E-state index contributed by atoms with van der Waals surface area (Å²) in [6.45, 7) is 0.221. The van der Waals surface area contributed by atoms with Crippen molar-refractivity contribution in [2.24, 2.45) is 0 Å². The molecule has 1 heterocycles. The molecular formula is C25H23N3O4S. The van der Waals surface area contributed by atoms with Gasteiger partial charge in [0.1, 0.15) is 23.9 Å². The average Bonchev–Trinajstić information content (AvgIpc) is 3.29. The van der Waals surface area contributed by atoms with Crippen LogP contribution in [0.4, 0.5) is 0 Å². The first-order valence-electron chi connectivity index (χ1n) is 10.2. The van der Waals surface area contributed by atoms with E-state index in [0.717, 1.165) is 11.4 Å². The summed E-state index contributed by atoms with van der Waals surface area (Å²) in [5.41, 5.74) is 1.49. The Morgan fingerprint density at radius 3 is 2.30 bits per heavy atom. The number of rotatable bonds is 10. The largest absolute Gasteiger partial charge is 0.497 e. The average molecular weight is 462 g/mol. The summed E-state index contributed by atoms with van der Waals surface area (Å²) in [5.74, 6) is 2.94. The summed E-state index contributed by atoms with van der Waals surface area (Å²) in [6.07, 6.45) is 0. The fourth-order valence-electron chi connectivity index (χ4n) is 3.15. The van der Waals surface area contributed by atoms with Crippen LogP contribution in [0.3, 0.4) is 0 Å². The second-order valence-electron chi connectivity index (χ2n) is 6.98. The number of hydrogen-bond donors (Lipinski definition) is 0. The zero-order valence-electron chi connectivity index (χ0n) is 18.3. The van der Waals surface area contributed by atoms with Crippen LogP contribution in [-0.2, 0) is 6.61 Å². The molecule has 0 bridgehead atoms. The van der Waals surface area contributed by atoms with Crippen molar-refractivity contribution in [3.63, 3.8) is 0 Å². The standard InChI is InChI=1S/C25H23N3O4S/c1-30-20-11-13-21(14-12-20)32-16-24-26-27-25(28(24)19-8-4-3-5-9-19)33-17-23(29)18-7-6-10-22(15-18)31-2/h3-15H,16-17H2,1-2H3. The molecule has 0 spiro atoms. The Morgan fingerprint density at radius 1 is 0.848 bits per heavy atom. The highest BCUT2D eigenvalue weighted by Gasteiger charge is 2.17. The van der Waals surface area contributed by atoms with Crippen molar-refractivity contribution in [1.82, 2.24) is 14.8 Å². The number of benzene rings is 3. The van der Waals surface area contributed by atoms with Gasteiger partial charge in [-0.3, -0.25) is 9.36 Å². The number of nitrogens with zero attached hydrogens (tertiary/aromatic N) is 3. The highest BCUT2D eigenvalue weighted by molar-refractivity contribution is 7.99. The number of thioether (sulfide) groups is 1. The highest BCUT2D eigenvalue weighted by Crippen LogP contribution is 2.25. The minimum absolute atomic E-state index is 0.0162. The van der Waals surface area contributed by atoms with Crippen LogP contribution >= 0.6 is 11.8 Å².